The molecule has 3 aromatic rings. The van der Waals surface area contributed by atoms with Gasteiger partial charge in [0.1, 0.15) is 11.9 Å². The monoisotopic (exact) mass is 341 g/mol. The van der Waals surface area contributed by atoms with Crippen LogP contribution in [0, 0.1) is 5.82 Å². The zero-order valence-electron chi connectivity index (χ0n) is 13.4. The van der Waals surface area contributed by atoms with Gasteiger partial charge in [-0.15, -0.1) is 10.2 Å². The highest BCUT2D eigenvalue weighted by atomic mass is 19.1. The number of hydrogen-bond donors (Lipinski definition) is 1. The highest BCUT2D eigenvalue weighted by molar-refractivity contribution is 5.94. The van der Waals surface area contributed by atoms with Crippen LogP contribution < -0.4 is 0 Å². The Labute approximate surface area is 142 Å². The number of aromatic amines is 1. The molecule has 0 spiro atoms. The van der Waals surface area contributed by atoms with E-state index in [1.165, 1.54) is 12.3 Å². The summed E-state index contributed by atoms with van der Waals surface area (Å²) in [4.78, 5) is 14.4. The summed E-state index contributed by atoms with van der Waals surface area (Å²) in [5.41, 5.74) is 0.741. The first kappa shape index (κ1) is 15.5. The van der Waals surface area contributed by atoms with Gasteiger partial charge < -0.3 is 9.32 Å². The van der Waals surface area contributed by atoms with Gasteiger partial charge in [-0.2, -0.15) is 5.10 Å². The number of rotatable bonds is 3. The van der Waals surface area contributed by atoms with Crippen molar-refractivity contribution in [3.63, 3.8) is 0 Å². The first-order chi connectivity index (χ1) is 12.2. The molecule has 1 saturated heterocycles. The van der Waals surface area contributed by atoms with Gasteiger partial charge in [0, 0.05) is 12.7 Å². The quantitative estimate of drug-likeness (QED) is 0.791. The van der Waals surface area contributed by atoms with E-state index < -0.39 is 5.82 Å². The third kappa shape index (κ3) is 2.90. The van der Waals surface area contributed by atoms with Gasteiger partial charge in [-0.1, -0.05) is 12.1 Å². The van der Waals surface area contributed by atoms with E-state index in [2.05, 4.69) is 20.4 Å². The van der Waals surface area contributed by atoms with Crippen LogP contribution in [-0.2, 0) is 0 Å². The summed E-state index contributed by atoms with van der Waals surface area (Å²) < 4.78 is 19.6. The smallest absolute Gasteiger partial charge is 0.257 e. The molecular formula is C17H16FN5O2. The van der Waals surface area contributed by atoms with Crippen LogP contribution in [0.2, 0.25) is 0 Å². The maximum Gasteiger partial charge on any atom is 0.257 e. The number of piperidine rings is 1. The minimum Gasteiger partial charge on any atom is -0.418 e. The van der Waals surface area contributed by atoms with Crippen LogP contribution in [-0.4, -0.2) is 37.7 Å². The normalized spacial score (nSPS) is 17.6. The van der Waals surface area contributed by atoms with Gasteiger partial charge in [0.05, 0.1) is 17.3 Å². The lowest BCUT2D eigenvalue weighted by Gasteiger charge is -2.33. The van der Waals surface area contributed by atoms with Crippen LogP contribution in [0.15, 0.2) is 41.1 Å². The number of carbonyl (C=O) groups is 1. The number of nitrogens with one attached hydrogen (secondary N) is 1. The van der Waals surface area contributed by atoms with Crippen LogP contribution in [0.3, 0.4) is 0 Å². The number of hydrogen-bond acceptors (Lipinski definition) is 5. The Kier molecular flexibility index (Phi) is 4.01. The Balaban J connectivity index is 1.63. The summed E-state index contributed by atoms with van der Waals surface area (Å²) in [6.07, 6.45) is 5.65. The van der Waals surface area contributed by atoms with Gasteiger partial charge in [0.25, 0.3) is 11.8 Å². The molecule has 1 fully saturated rings. The summed E-state index contributed by atoms with van der Waals surface area (Å²) in [6, 6.07) is 5.92. The predicted molar refractivity (Wildman–Crippen MR) is 85.9 cm³/mol. The third-order valence-corrected chi connectivity index (χ3v) is 4.34. The molecule has 0 unspecified atom stereocenters. The second-order valence-electron chi connectivity index (χ2n) is 5.92. The van der Waals surface area contributed by atoms with Crippen molar-refractivity contribution in [3.8, 4) is 11.5 Å². The van der Waals surface area contributed by atoms with E-state index in [4.69, 9.17) is 4.42 Å². The number of likely N-dealkylation sites (tertiary alicyclic amines) is 1. The second kappa shape index (κ2) is 6.46. The zero-order valence-corrected chi connectivity index (χ0v) is 13.4. The van der Waals surface area contributed by atoms with Gasteiger partial charge >= 0.3 is 0 Å². The summed E-state index contributed by atoms with van der Waals surface area (Å²) in [7, 11) is 0. The van der Waals surface area contributed by atoms with E-state index in [9.17, 15) is 9.18 Å². The molecule has 0 bridgehead atoms. The predicted octanol–water partition coefficient (Wildman–Crippen LogP) is 2.97. The number of benzene rings is 1. The molecule has 7 nitrogen and oxygen atoms in total. The largest absolute Gasteiger partial charge is 0.418 e. The molecule has 8 heteroatoms. The number of aromatic nitrogens is 4. The Morgan fingerprint density at radius 1 is 1.28 bits per heavy atom. The topological polar surface area (TPSA) is 87.9 Å². The van der Waals surface area contributed by atoms with Gasteiger partial charge in [0.2, 0.25) is 5.89 Å². The molecule has 0 aliphatic carbocycles. The molecule has 3 heterocycles. The lowest BCUT2D eigenvalue weighted by molar-refractivity contribution is 0.0572. The van der Waals surface area contributed by atoms with Crippen molar-refractivity contribution >= 4 is 5.91 Å². The lowest BCUT2D eigenvalue weighted by atomic mass is 10.0. The average Bonchev–Trinajstić information content (AvgIpc) is 3.34. The zero-order chi connectivity index (χ0) is 17.2. The number of amides is 1. The van der Waals surface area contributed by atoms with E-state index in [0.29, 0.717) is 18.0 Å². The maximum atomic E-state index is 13.9. The number of carbonyl (C=O) groups excluding carboxylic acids is 1. The molecule has 0 radical (unpaired) electrons. The molecule has 0 saturated carbocycles. The third-order valence-electron chi connectivity index (χ3n) is 4.34. The molecule has 1 aliphatic heterocycles. The molecule has 1 N–H and O–H groups in total. The van der Waals surface area contributed by atoms with Crippen molar-refractivity contribution in [1.82, 2.24) is 25.3 Å². The molecule has 1 aromatic carbocycles. The highest BCUT2D eigenvalue weighted by Crippen LogP contribution is 2.33. The Morgan fingerprint density at radius 2 is 2.16 bits per heavy atom. The van der Waals surface area contributed by atoms with Gasteiger partial charge in [-0.25, -0.2) is 4.39 Å². The molecule has 128 valence electrons. The van der Waals surface area contributed by atoms with Gasteiger partial charge in [0.15, 0.2) is 0 Å². The van der Waals surface area contributed by atoms with Crippen LogP contribution in [0.4, 0.5) is 4.39 Å². The lowest BCUT2D eigenvalue weighted by Crippen LogP contribution is -2.38. The first-order valence-electron chi connectivity index (χ1n) is 8.12. The van der Waals surface area contributed by atoms with Crippen LogP contribution in [0.1, 0.15) is 41.6 Å². The molecule has 1 atom stereocenters. The van der Waals surface area contributed by atoms with Crippen LogP contribution in [0.25, 0.3) is 11.5 Å². The van der Waals surface area contributed by atoms with Crippen LogP contribution >= 0.6 is 0 Å². The minimum absolute atomic E-state index is 0.120. The summed E-state index contributed by atoms with van der Waals surface area (Å²) >= 11 is 0. The number of H-pyrrole nitrogens is 1. The Bertz CT molecular complexity index is 877. The van der Waals surface area contributed by atoms with Crippen molar-refractivity contribution in [2.45, 2.75) is 25.3 Å². The van der Waals surface area contributed by atoms with Crippen molar-refractivity contribution in [2.75, 3.05) is 6.54 Å². The second-order valence-corrected chi connectivity index (χ2v) is 5.92. The fraction of sp³-hybridized carbons (Fsp3) is 0.294. The van der Waals surface area contributed by atoms with Crippen LogP contribution in [0.5, 0.6) is 0 Å². The summed E-state index contributed by atoms with van der Waals surface area (Å²) in [5, 5.41) is 14.5. The minimum atomic E-state index is -0.423. The molecule has 1 aliphatic rings. The maximum absolute atomic E-state index is 13.9. The summed E-state index contributed by atoms with van der Waals surface area (Å²) in [5.74, 6) is -0.110. The molecule has 2 aromatic heterocycles. The van der Waals surface area contributed by atoms with Crippen molar-refractivity contribution < 1.29 is 13.6 Å². The van der Waals surface area contributed by atoms with E-state index >= 15 is 0 Å². The van der Waals surface area contributed by atoms with Gasteiger partial charge in [-0.05, 0) is 31.4 Å². The fourth-order valence-electron chi connectivity index (χ4n) is 3.08. The molecule has 1 amide bonds. The fourth-order valence-corrected chi connectivity index (χ4v) is 3.08. The summed E-state index contributed by atoms with van der Waals surface area (Å²) in [6.45, 7) is 0.603. The Morgan fingerprint density at radius 3 is 2.96 bits per heavy atom. The van der Waals surface area contributed by atoms with Gasteiger partial charge in [-0.3, -0.25) is 9.89 Å². The average molecular weight is 341 g/mol. The number of nitrogens with zero attached hydrogens (tertiary/aromatic N) is 4. The molecule has 4 rings (SSSR count). The molecule has 25 heavy (non-hydrogen) atoms. The van der Waals surface area contributed by atoms with E-state index in [-0.39, 0.29) is 23.4 Å². The van der Waals surface area contributed by atoms with E-state index in [1.54, 1.807) is 29.3 Å². The standard InChI is InChI=1S/C17H16FN5O2/c18-13-6-2-1-5-12(13)15-21-22-16(25-15)14-7-3-4-8-23(14)17(24)11-9-19-20-10-11/h1-2,5-6,9-10,14H,3-4,7-8H2,(H,19,20)/t14-/m0/s1. The first-order valence-corrected chi connectivity index (χ1v) is 8.12. The SMILES string of the molecule is O=C(c1cn[nH]c1)N1CCCC[C@H]1c1nnc(-c2ccccc2F)o1. The van der Waals surface area contributed by atoms with E-state index in [1.807, 2.05) is 0 Å². The highest BCUT2D eigenvalue weighted by Gasteiger charge is 2.33. The number of halogens is 1. The Hall–Kier alpha value is -3.03. The van der Waals surface area contributed by atoms with Crippen molar-refractivity contribution in [2.24, 2.45) is 0 Å². The van der Waals surface area contributed by atoms with Crippen molar-refractivity contribution in [1.29, 1.82) is 0 Å². The van der Waals surface area contributed by atoms with E-state index in [0.717, 1.165) is 19.3 Å². The van der Waals surface area contributed by atoms with Crippen molar-refractivity contribution in [3.05, 3.63) is 53.9 Å². The molecular weight excluding hydrogens is 325 g/mol.